The van der Waals surface area contributed by atoms with Crippen molar-refractivity contribution in [2.45, 2.75) is 31.2 Å². The minimum absolute atomic E-state index is 0.269. The molecule has 2 aliphatic heterocycles. The fourth-order valence-electron chi connectivity index (χ4n) is 3.52. The SMILES string of the molecule is NCC1(N2CCc3ccccc3CC2)CCCSC1. The second-order valence-electron chi connectivity index (χ2n) is 5.84. The number of nitrogens with zero attached hydrogens (tertiary/aromatic N) is 1. The van der Waals surface area contributed by atoms with Gasteiger partial charge in [-0.15, -0.1) is 0 Å². The molecule has 1 aromatic carbocycles. The van der Waals surface area contributed by atoms with E-state index in [0.29, 0.717) is 0 Å². The molecule has 2 heterocycles. The van der Waals surface area contributed by atoms with Crippen LogP contribution in [0.2, 0.25) is 0 Å². The number of thioether (sulfide) groups is 1. The molecule has 2 nitrogen and oxygen atoms in total. The molecule has 3 heteroatoms. The number of nitrogens with two attached hydrogens (primary N) is 1. The van der Waals surface area contributed by atoms with Gasteiger partial charge in [-0.3, -0.25) is 4.90 Å². The van der Waals surface area contributed by atoms with Crippen molar-refractivity contribution in [1.82, 2.24) is 4.90 Å². The molecule has 0 aromatic heterocycles. The predicted octanol–water partition coefficient (Wildman–Crippen LogP) is 2.31. The minimum Gasteiger partial charge on any atom is -0.329 e. The molecule has 1 unspecified atom stereocenters. The molecule has 0 amide bonds. The number of benzene rings is 1. The highest BCUT2D eigenvalue weighted by atomic mass is 32.2. The van der Waals surface area contributed by atoms with Gasteiger partial charge in [0.1, 0.15) is 0 Å². The normalized spacial score (nSPS) is 28.7. The van der Waals surface area contributed by atoms with Gasteiger partial charge in [-0.05, 0) is 42.6 Å². The predicted molar refractivity (Wildman–Crippen MR) is 83.8 cm³/mol. The standard InChI is InChI=1S/C16H24N2S/c17-12-16(8-3-11-19-13-16)18-9-6-14-4-1-2-5-15(14)7-10-18/h1-2,4-5H,3,6-13,17H2. The Balaban J connectivity index is 1.77. The summed E-state index contributed by atoms with van der Waals surface area (Å²) in [5, 5.41) is 0. The van der Waals surface area contributed by atoms with Gasteiger partial charge in [0.2, 0.25) is 0 Å². The van der Waals surface area contributed by atoms with Crippen LogP contribution in [0.3, 0.4) is 0 Å². The van der Waals surface area contributed by atoms with E-state index >= 15 is 0 Å². The van der Waals surface area contributed by atoms with Gasteiger partial charge in [0.05, 0.1) is 0 Å². The molecule has 3 rings (SSSR count). The number of hydrogen-bond acceptors (Lipinski definition) is 3. The van der Waals surface area contributed by atoms with Gasteiger partial charge in [0.15, 0.2) is 0 Å². The zero-order valence-electron chi connectivity index (χ0n) is 11.6. The Hall–Kier alpha value is -0.510. The molecule has 19 heavy (non-hydrogen) atoms. The van der Waals surface area contributed by atoms with Crippen LogP contribution in [0.15, 0.2) is 24.3 Å². The molecule has 2 aliphatic rings. The maximum absolute atomic E-state index is 6.17. The van der Waals surface area contributed by atoms with E-state index in [1.807, 2.05) is 0 Å². The fraction of sp³-hybridized carbons (Fsp3) is 0.625. The second-order valence-corrected chi connectivity index (χ2v) is 6.95. The van der Waals surface area contributed by atoms with Crippen LogP contribution in [-0.4, -0.2) is 41.6 Å². The molecular weight excluding hydrogens is 252 g/mol. The van der Waals surface area contributed by atoms with Gasteiger partial charge in [-0.25, -0.2) is 0 Å². The Labute approximate surface area is 120 Å². The van der Waals surface area contributed by atoms with E-state index in [2.05, 4.69) is 40.9 Å². The van der Waals surface area contributed by atoms with Gasteiger partial charge in [-0.2, -0.15) is 11.8 Å². The highest BCUT2D eigenvalue weighted by Crippen LogP contribution is 2.33. The van der Waals surface area contributed by atoms with Crippen LogP contribution in [0.5, 0.6) is 0 Å². The zero-order valence-corrected chi connectivity index (χ0v) is 12.4. The van der Waals surface area contributed by atoms with Gasteiger partial charge in [0.25, 0.3) is 0 Å². The molecule has 0 saturated carbocycles. The Morgan fingerprint density at radius 2 is 1.84 bits per heavy atom. The van der Waals surface area contributed by atoms with E-state index in [4.69, 9.17) is 5.73 Å². The van der Waals surface area contributed by atoms with Gasteiger partial charge < -0.3 is 5.73 Å². The van der Waals surface area contributed by atoms with Crippen molar-refractivity contribution in [1.29, 1.82) is 0 Å². The summed E-state index contributed by atoms with van der Waals surface area (Å²) in [6.45, 7) is 3.17. The van der Waals surface area contributed by atoms with Crippen LogP contribution in [-0.2, 0) is 12.8 Å². The highest BCUT2D eigenvalue weighted by Gasteiger charge is 2.37. The lowest BCUT2D eigenvalue weighted by atomic mass is 9.92. The Kier molecular flexibility index (Phi) is 4.15. The lowest BCUT2D eigenvalue weighted by molar-refractivity contribution is 0.108. The quantitative estimate of drug-likeness (QED) is 0.899. The molecule has 104 valence electrons. The summed E-state index contributed by atoms with van der Waals surface area (Å²) in [4.78, 5) is 2.69. The molecule has 0 radical (unpaired) electrons. The van der Waals surface area contributed by atoms with Crippen molar-refractivity contribution in [3.63, 3.8) is 0 Å². The monoisotopic (exact) mass is 276 g/mol. The first kappa shape index (κ1) is 13.5. The molecule has 1 fully saturated rings. The van der Waals surface area contributed by atoms with Crippen LogP contribution >= 0.6 is 11.8 Å². The topological polar surface area (TPSA) is 29.3 Å². The van der Waals surface area contributed by atoms with E-state index in [0.717, 1.165) is 6.54 Å². The van der Waals surface area contributed by atoms with Gasteiger partial charge in [-0.1, -0.05) is 24.3 Å². The van der Waals surface area contributed by atoms with Crippen molar-refractivity contribution < 1.29 is 0 Å². The first-order valence-corrected chi connectivity index (χ1v) is 8.59. The molecule has 0 spiro atoms. The molecule has 1 aromatic rings. The highest BCUT2D eigenvalue weighted by molar-refractivity contribution is 7.99. The smallest absolute Gasteiger partial charge is 0.0422 e. The third-order valence-corrected chi connectivity index (χ3v) is 6.09. The Morgan fingerprint density at radius 3 is 2.37 bits per heavy atom. The largest absolute Gasteiger partial charge is 0.329 e. The van der Waals surface area contributed by atoms with Crippen LogP contribution in [0, 0.1) is 0 Å². The van der Waals surface area contributed by atoms with Crippen molar-refractivity contribution in [3.05, 3.63) is 35.4 Å². The molecule has 1 saturated heterocycles. The lowest BCUT2D eigenvalue weighted by Crippen LogP contribution is -2.57. The van der Waals surface area contributed by atoms with Crippen LogP contribution in [0.25, 0.3) is 0 Å². The summed E-state index contributed by atoms with van der Waals surface area (Å²) in [6, 6.07) is 8.93. The zero-order chi connectivity index (χ0) is 13.1. The summed E-state index contributed by atoms with van der Waals surface area (Å²) < 4.78 is 0. The van der Waals surface area contributed by atoms with Crippen LogP contribution in [0.4, 0.5) is 0 Å². The Morgan fingerprint density at radius 1 is 1.16 bits per heavy atom. The van der Waals surface area contributed by atoms with Crippen molar-refractivity contribution in [3.8, 4) is 0 Å². The molecule has 2 N–H and O–H groups in total. The first-order chi connectivity index (χ1) is 9.34. The molecule has 0 bridgehead atoms. The van der Waals surface area contributed by atoms with Crippen molar-refractivity contribution >= 4 is 11.8 Å². The maximum atomic E-state index is 6.17. The average molecular weight is 276 g/mol. The van der Waals surface area contributed by atoms with Crippen LogP contribution < -0.4 is 5.73 Å². The first-order valence-electron chi connectivity index (χ1n) is 7.44. The van der Waals surface area contributed by atoms with Crippen LogP contribution in [0.1, 0.15) is 24.0 Å². The maximum Gasteiger partial charge on any atom is 0.0422 e. The summed E-state index contributed by atoms with van der Waals surface area (Å²) in [5.41, 5.74) is 9.52. The van der Waals surface area contributed by atoms with E-state index in [-0.39, 0.29) is 5.54 Å². The van der Waals surface area contributed by atoms with E-state index in [1.54, 1.807) is 11.1 Å². The second kappa shape index (κ2) is 5.86. The summed E-state index contributed by atoms with van der Waals surface area (Å²) in [5.74, 6) is 2.54. The van der Waals surface area contributed by atoms with Gasteiger partial charge in [0, 0.05) is 30.9 Å². The van der Waals surface area contributed by atoms with E-state index in [1.165, 1.54) is 50.3 Å². The third kappa shape index (κ3) is 2.69. The van der Waals surface area contributed by atoms with Crippen molar-refractivity contribution in [2.75, 3.05) is 31.1 Å². The van der Waals surface area contributed by atoms with Crippen molar-refractivity contribution in [2.24, 2.45) is 5.73 Å². The minimum atomic E-state index is 0.269. The summed E-state index contributed by atoms with van der Waals surface area (Å²) in [6.07, 6.45) is 4.98. The third-order valence-electron chi connectivity index (χ3n) is 4.77. The molecular formula is C16H24N2S. The lowest BCUT2D eigenvalue weighted by Gasteiger charge is -2.45. The number of fused-ring (bicyclic) bond motifs is 1. The van der Waals surface area contributed by atoms with E-state index < -0.39 is 0 Å². The van der Waals surface area contributed by atoms with E-state index in [9.17, 15) is 0 Å². The Bertz CT molecular complexity index is 400. The van der Waals surface area contributed by atoms with Gasteiger partial charge >= 0.3 is 0 Å². The molecule has 1 atom stereocenters. The number of hydrogen-bond donors (Lipinski definition) is 1. The summed E-state index contributed by atoms with van der Waals surface area (Å²) >= 11 is 2.09. The fourth-order valence-corrected chi connectivity index (χ4v) is 4.84. The molecule has 0 aliphatic carbocycles. The number of rotatable bonds is 2. The summed E-state index contributed by atoms with van der Waals surface area (Å²) in [7, 11) is 0. The average Bonchev–Trinajstić information content (AvgIpc) is 2.71.